The third-order valence-electron chi connectivity index (χ3n) is 4.57. The highest BCUT2D eigenvalue weighted by atomic mass is 35.5. The van der Waals surface area contributed by atoms with Crippen LogP contribution in [-0.2, 0) is 4.79 Å². The van der Waals surface area contributed by atoms with E-state index in [1.165, 1.54) is 17.3 Å². The van der Waals surface area contributed by atoms with Crippen LogP contribution in [0.4, 0.5) is 5.69 Å². The number of fused-ring (bicyclic) bond motifs is 1. The second-order valence-corrected chi connectivity index (χ2v) is 8.30. The molecule has 1 N–H and O–H groups in total. The van der Waals surface area contributed by atoms with Gasteiger partial charge < -0.3 is 10.1 Å². The highest BCUT2D eigenvalue weighted by Gasteiger charge is 2.16. The number of anilines is 1. The summed E-state index contributed by atoms with van der Waals surface area (Å²) in [6.07, 6.45) is 0. The highest BCUT2D eigenvalue weighted by Crippen LogP contribution is 2.28. The van der Waals surface area contributed by atoms with Crippen molar-refractivity contribution in [1.82, 2.24) is 19.6 Å². The molecule has 7 nitrogen and oxygen atoms in total. The van der Waals surface area contributed by atoms with Crippen LogP contribution in [0.5, 0.6) is 5.75 Å². The number of halogens is 1. The van der Waals surface area contributed by atoms with E-state index < -0.39 is 0 Å². The van der Waals surface area contributed by atoms with Crippen molar-refractivity contribution in [3.8, 4) is 17.1 Å². The molecule has 2 aromatic carbocycles. The molecule has 2 aromatic heterocycles. The number of hydrogen-bond donors (Lipinski definition) is 1. The summed E-state index contributed by atoms with van der Waals surface area (Å²) in [5.41, 5.74) is 4.26. The van der Waals surface area contributed by atoms with Crippen LogP contribution in [-0.4, -0.2) is 38.4 Å². The molecular formula is C22H20ClN5O2S. The molecule has 0 spiro atoms. The number of nitrogens with zero attached hydrogens (tertiary/aromatic N) is 4. The number of ether oxygens (including phenoxy) is 1. The SMILES string of the molecule is COc1ccc(NC(=O)CSc2nnc3cc(C)nc(-c4ccc(C)cc4)n23)cc1Cl. The van der Waals surface area contributed by atoms with Gasteiger partial charge in [0.05, 0.1) is 17.9 Å². The first-order chi connectivity index (χ1) is 14.9. The van der Waals surface area contributed by atoms with Crippen LogP contribution < -0.4 is 10.1 Å². The van der Waals surface area contributed by atoms with Gasteiger partial charge in [-0.1, -0.05) is 53.2 Å². The fraction of sp³-hybridized carbons (Fsp3) is 0.182. The number of benzene rings is 2. The second-order valence-electron chi connectivity index (χ2n) is 6.95. The average Bonchev–Trinajstić information content (AvgIpc) is 3.15. The van der Waals surface area contributed by atoms with Crippen molar-refractivity contribution in [2.75, 3.05) is 18.2 Å². The molecule has 2 heterocycles. The predicted octanol–water partition coefficient (Wildman–Crippen LogP) is 4.80. The van der Waals surface area contributed by atoms with Crippen LogP contribution in [0, 0.1) is 13.8 Å². The maximum atomic E-state index is 12.5. The number of rotatable bonds is 6. The molecule has 9 heteroatoms. The molecule has 4 aromatic rings. The molecular weight excluding hydrogens is 434 g/mol. The molecule has 0 saturated carbocycles. The molecule has 0 saturated heterocycles. The Kier molecular flexibility index (Phi) is 6.11. The van der Waals surface area contributed by atoms with E-state index in [-0.39, 0.29) is 11.7 Å². The Morgan fingerprint density at radius 1 is 1.13 bits per heavy atom. The smallest absolute Gasteiger partial charge is 0.234 e. The first kappa shape index (κ1) is 21.1. The summed E-state index contributed by atoms with van der Waals surface area (Å²) >= 11 is 7.42. The van der Waals surface area contributed by atoms with Gasteiger partial charge in [-0.15, -0.1) is 10.2 Å². The molecule has 0 fully saturated rings. The van der Waals surface area contributed by atoms with Gasteiger partial charge in [0.2, 0.25) is 5.91 Å². The Morgan fingerprint density at radius 3 is 2.61 bits per heavy atom. The highest BCUT2D eigenvalue weighted by molar-refractivity contribution is 7.99. The van der Waals surface area contributed by atoms with Crippen LogP contribution in [0.15, 0.2) is 53.7 Å². The van der Waals surface area contributed by atoms with E-state index in [2.05, 4.69) is 15.5 Å². The lowest BCUT2D eigenvalue weighted by Crippen LogP contribution is -2.14. The van der Waals surface area contributed by atoms with Crippen molar-refractivity contribution in [3.05, 3.63) is 64.8 Å². The molecule has 158 valence electrons. The minimum Gasteiger partial charge on any atom is -0.495 e. The van der Waals surface area contributed by atoms with E-state index in [1.54, 1.807) is 25.3 Å². The van der Waals surface area contributed by atoms with Crippen LogP contribution in [0.1, 0.15) is 11.3 Å². The maximum Gasteiger partial charge on any atom is 0.234 e. The Bertz CT molecular complexity index is 1260. The van der Waals surface area contributed by atoms with Crippen molar-refractivity contribution < 1.29 is 9.53 Å². The van der Waals surface area contributed by atoms with Crippen molar-refractivity contribution >= 4 is 40.6 Å². The van der Waals surface area contributed by atoms with E-state index in [9.17, 15) is 4.79 Å². The van der Waals surface area contributed by atoms with E-state index in [1.807, 2.05) is 48.6 Å². The number of aryl methyl sites for hydroxylation is 2. The fourth-order valence-electron chi connectivity index (χ4n) is 3.07. The molecule has 0 unspecified atom stereocenters. The third kappa shape index (κ3) is 4.65. The molecule has 0 radical (unpaired) electrons. The van der Waals surface area contributed by atoms with Crippen molar-refractivity contribution in [1.29, 1.82) is 0 Å². The monoisotopic (exact) mass is 453 g/mol. The standard InChI is InChI=1S/C22H20ClN5O2S/c1-13-4-6-15(7-5-13)21-24-14(2)10-19-26-27-22(28(19)21)31-12-20(29)25-16-8-9-18(30-3)17(23)11-16/h4-11H,12H2,1-3H3,(H,25,29). The average molecular weight is 454 g/mol. The van der Waals surface area contributed by atoms with Crippen LogP contribution in [0.3, 0.4) is 0 Å². The molecule has 0 aliphatic rings. The minimum atomic E-state index is -0.181. The van der Waals surface area contributed by atoms with Crippen molar-refractivity contribution in [2.45, 2.75) is 19.0 Å². The second kappa shape index (κ2) is 8.95. The first-order valence-electron chi connectivity index (χ1n) is 9.50. The number of thioether (sulfide) groups is 1. The van der Waals surface area contributed by atoms with Gasteiger partial charge in [0.1, 0.15) is 11.6 Å². The van der Waals surface area contributed by atoms with Crippen LogP contribution in [0.25, 0.3) is 17.0 Å². The first-order valence-corrected chi connectivity index (χ1v) is 10.9. The number of aromatic nitrogens is 4. The lowest BCUT2D eigenvalue weighted by molar-refractivity contribution is -0.113. The van der Waals surface area contributed by atoms with Gasteiger partial charge in [-0.2, -0.15) is 0 Å². The van der Waals surface area contributed by atoms with Crippen LogP contribution >= 0.6 is 23.4 Å². The van der Waals surface area contributed by atoms with E-state index in [0.29, 0.717) is 27.3 Å². The normalized spacial score (nSPS) is 11.0. The third-order valence-corrected chi connectivity index (χ3v) is 5.79. The van der Waals surface area contributed by atoms with Gasteiger partial charge in [0.15, 0.2) is 10.8 Å². The molecule has 1 amide bonds. The summed E-state index contributed by atoms with van der Waals surface area (Å²) in [7, 11) is 1.54. The minimum absolute atomic E-state index is 0.158. The topological polar surface area (TPSA) is 81.4 Å². The van der Waals surface area contributed by atoms with E-state index in [0.717, 1.165) is 17.1 Å². The largest absolute Gasteiger partial charge is 0.495 e. The van der Waals surface area contributed by atoms with Gasteiger partial charge in [0, 0.05) is 23.0 Å². The number of amides is 1. The summed E-state index contributed by atoms with van der Waals surface area (Å²) in [6, 6.07) is 15.1. The molecule has 4 rings (SSSR count). The number of methoxy groups -OCH3 is 1. The van der Waals surface area contributed by atoms with E-state index >= 15 is 0 Å². The zero-order chi connectivity index (χ0) is 22.0. The quantitative estimate of drug-likeness (QED) is 0.422. The molecule has 31 heavy (non-hydrogen) atoms. The Hall–Kier alpha value is -3.10. The molecule has 0 atom stereocenters. The van der Waals surface area contributed by atoms with Gasteiger partial charge in [-0.05, 0) is 32.0 Å². The van der Waals surface area contributed by atoms with Gasteiger partial charge in [-0.25, -0.2) is 4.98 Å². The number of nitrogens with one attached hydrogen (secondary N) is 1. The Labute approximate surface area is 188 Å². The number of carbonyl (C=O) groups is 1. The predicted molar refractivity (Wildman–Crippen MR) is 123 cm³/mol. The zero-order valence-electron chi connectivity index (χ0n) is 17.2. The number of carbonyl (C=O) groups excluding carboxylic acids is 1. The maximum absolute atomic E-state index is 12.5. The Morgan fingerprint density at radius 2 is 1.90 bits per heavy atom. The van der Waals surface area contributed by atoms with Gasteiger partial charge in [-0.3, -0.25) is 9.20 Å². The van der Waals surface area contributed by atoms with Gasteiger partial charge in [0.25, 0.3) is 0 Å². The molecule has 0 bridgehead atoms. The molecule has 0 aliphatic carbocycles. The fourth-order valence-corrected chi connectivity index (χ4v) is 4.07. The lowest BCUT2D eigenvalue weighted by Gasteiger charge is -2.09. The zero-order valence-corrected chi connectivity index (χ0v) is 18.8. The number of hydrogen-bond acceptors (Lipinski definition) is 6. The lowest BCUT2D eigenvalue weighted by atomic mass is 10.1. The van der Waals surface area contributed by atoms with E-state index in [4.69, 9.17) is 21.3 Å². The van der Waals surface area contributed by atoms with Crippen molar-refractivity contribution in [3.63, 3.8) is 0 Å². The van der Waals surface area contributed by atoms with Crippen LogP contribution in [0.2, 0.25) is 5.02 Å². The summed E-state index contributed by atoms with van der Waals surface area (Å²) in [5, 5.41) is 12.4. The Balaban J connectivity index is 1.55. The van der Waals surface area contributed by atoms with Gasteiger partial charge >= 0.3 is 0 Å². The summed E-state index contributed by atoms with van der Waals surface area (Å²) < 4.78 is 7.01. The summed E-state index contributed by atoms with van der Waals surface area (Å²) in [4.78, 5) is 17.2. The van der Waals surface area contributed by atoms with Crippen molar-refractivity contribution in [2.24, 2.45) is 0 Å². The molecule has 0 aliphatic heterocycles. The summed E-state index contributed by atoms with van der Waals surface area (Å²) in [6.45, 7) is 3.96. The summed E-state index contributed by atoms with van der Waals surface area (Å²) in [5.74, 6) is 1.27.